The molecule has 0 spiro atoms. The Labute approximate surface area is 124 Å². The van der Waals surface area contributed by atoms with Gasteiger partial charge in [-0.25, -0.2) is 0 Å². The largest absolute Gasteiger partial charge is 0.484 e. The van der Waals surface area contributed by atoms with Gasteiger partial charge in [0.2, 0.25) is 0 Å². The van der Waals surface area contributed by atoms with Crippen molar-refractivity contribution in [1.82, 2.24) is 10.2 Å². The van der Waals surface area contributed by atoms with Gasteiger partial charge in [-0.3, -0.25) is 4.79 Å². The van der Waals surface area contributed by atoms with E-state index in [4.69, 9.17) is 16.3 Å². The van der Waals surface area contributed by atoms with Crippen LogP contribution < -0.4 is 10.1 Å². The minimum Gasteiger partial charge on any atom is -0.484 e. The van der Waals surface area contributed by atoms with Crippen molar-refractivity contribution in [2.75, 3.05) is 26.2 Å². The first-order chi connectivity index (χ1) is 8.66. The maximum Gasteiger partial charge on any atom is 0.260 e. The van der Waals surface area contributed by atoms with E-state index in [1.165, 1.54) is 0 Å². The highest BCUT2D eigenvalue weighted by molar-refractivity contribution is 6.30. The number of rotatable bonds is 3. The van der Waals surface area contributed by atoms with Crippen molar-refractivity contribution in [3.63, 3.8) is 0 Å². The summed E-state index contributed by atoms with van der Waals surface area (Å²) in [5, 5.41) is 3.86. The van der Waals surface area contributed by atoms with E-state index in [0.29, 0.717) is 10.8 Å². The van der Waals surface area contributed by atoms with Gasteiger partial charge in [-0.05, 0) is 25.1 Å². The molecule has 1 unspecified atom stereocenters. The van der Waals surface area contributed by atoms with Gasteiger partial charge in [0, 0.05) is 30.7 Å². The van der Waals surface area contributed by atoms with Crippen LogP contribution in [0.1, 0.15) is 6.92 Å². The highest BCUT2D eigenvalue weighted by Crippen LogP contribution is 2.17. The van der Waals surface area contributed by atoms with E-state index >= 15 is 0 Å². The van der Waals surface area contributed by atoms with E-state index in [1.54, 1.807) is 24.3 Å². The Morgan fingerprint density at radius 1 is 1.58 bits per heavy atom. The molecule has 0 aromatic heterocycles. The summed E-state index contributed by atoms with van der Waals surface area (Å²) in [7, 11) is 0. The molecule has 1 aromatic carbocycles. The number of carbonyl (C=O) groups excluding carboxylic acids is 1. The molecule has 1 atom stereocenters. The Morgan fingerprint density at radius 3 is 3.05 bits per heavy atom. The smallest absolute Gasteiger partial charge is 0.260 e. The van der Waals surface area contributed by atoms with Gasteiger partial charge in [0.25, 0.3) is 5.91 Å². The molecule has 1 fully saturated rings. The van der Waals surface area contributed by atoms with Crippen molar-refractivity contribution in [3.8, 4) is 5.75 Å². The van der Waals surface area contributed by atoms with E-state index < -0.39 is 0 Å². The molecular weight excluding hydrogens is 287 g/mol. The fourth-order valence-corrected chi connectivity index (χ4v) is 2.18. The van der Waals surface area contributed by atoms with Crippen molar-refractivity contribution < 1.29 is 9.53 Å². The molecule has 1 saturated heterocycles. The molecule has 0 aliphatic carbocycles. The lowest BCUT2D eigenvalue weighted by molar-refractivity contribution is -0.136. The molecule has 1 aromatic rings. The van der Waals surface area contributed by atoms with Crippen LogP contribution in [0.15, 0.2) is 24.3 Å². The number of piperazine rings is 1. The van der Waals surface area contributed by atoms with Crippen LogP contribution >= 0.6 is 24.0 Å². The van der Waals surface area contributed by atoms with Gasteiger partial charge < -0.3 is 15.0 Å². The summed E-state index contributed by atoms with van der Waals surface area (Å²) in [6, 6.07) is 7.29. The molecule has 0 saturated carbocycles. The predicted molar refractivity (Wildman–Crippen MR) is 78.2 cm³/mol. The predicted octanol–water partition coefficient (Wildman–Crippen LogP) is 1.96. The number of hydrogen-bond donors (Lipinski definition) is 1. The second kappa shape index (κ2) is 7.58. The van der Waals surface area contributed by atoms with Gasteiger partial charge in [-0.15, -0.1) is 12.4 Å². The average molecular weight is 305 g/mol. The molecule has 0 radical (unpaired) electrons. The van der Waals surface area contributed by atoms with Gasteiger partial charge in [0.1, 0.15) is 5.75 Å². The van der Waals surface area contributed by atoms with Crippen LogP contribution in [0.2, 0.25) is 5.02 Å². The molecule has 1 heterocycles. The fraction of sp³-hybridized carbons (Fsp3) is 0.462. The van der Waals surface area contributed by atoms with Gasteiger partial charge in [-0.2, -0.15) is 0 Å². The molecule has 0 bridgehead atoms. The van der Waals surface area contributed by atoms with Gasteiger partial charge in [-0.1, -0.05) is 17.7 Å². The first-order valence-corrected chi connectivity index (χ1v) is 6.43. The van der Waals surface area contributed by atoms with E-state index in [9.17, 15) is 4.79 Å². The lowest BCUT2D eigenvalue weighted by Gasteiger charge is -2.33. The van der Waals surface area contributed by atoms with Crippen LogP contribution in [0.3, 0.4) is 0 Å². The van der Waals surface area contributed by atoms with Crippen molar-refractivity contribution in [3.05, 3.63) is 29.3 Å². The topological polar surface area (TPSA) is 41.6 Å². The lowest BCUT2D eigenvalue weighted by atomic mass is 10.2. The standard InChI is InChI=1S/C13H17ClN2O2.ClH/c1-10-8-15-5-6-16(10)13(17)9-18-12-4-2-3-11(14)7-12;/h2-4,7,10,15H,5-6,8-9H2,1H3;1H. The summed E-state index contributed by atoms with van der Waals surface area (Å²) >= 11 is 5.85. The zero-order valence-corrected chi connectivity index (χ0v) is 12.3. The number of carbonyl (C=O) groups is 1. The maximum absolute atomic E-state index is 12.0. The molecule has 4 nitrogen and oxygen atoms in total. The van der Waals surface area contributed by atoms with Crippen LogP contribution in [0.4, 0.5) is 0 Å². The van der Waals surface area contributed by atoms with Crippen molar-refractivity contribution >= 4 is 29.9 Å². The molecule has 1 aliphatic rings. The number of ether oxygens (including phenoxy) is 1. The van der Waals surface area contributed by atoms with Crippen molar-refractivity contribution in [2.45, 2.75) is 13.0 Å². The van der Waals surface area contributed by atoms with E-state index in [2.05, 4.69) is 5.32 Å². The van der Waals surface area contributed by atoms with Gasteiger partial charge in [0.05, 0.1) is 0 Å². The Hall–Kier alpha value is -0.970. The lowest BCUT2D eigenvalue weighted by Crippen LogP contribution is -2.53. The third kappa shape index (κ3) is 4.56. The molecule has 19 heavy (non-hydrogen) atoms. The highest BCUT2D eigenvalue weighted by atomic mass is 35.5. The Balaban J connectivity index is 0.00000180. The van der Waals surface area contributed by atoms with Crippen LogP contribution in [0.25, 0.3) is 0 Å². The summed E-state index contributed by atoms with van der Waals surface area (Å²) in [6.07, 6.45) is 0. The second-order valence-electron chi connectivity index (χ2n) is 4.39. The van der Waals surface area contributed by atoms with Gasteiger partial charge in [0.15, 0.2) is 6.61 Å². The first-order valence-electron chi connectivity index (χ1n) is 6.05. The fourth-order valence-electron chi connectivity index (χ4n) is 2.00. The zero-order chi connectivity index (χ0) is 13.0. The minimum absolute atomic E-state index is 0. The number of benzene rings is 1. The molecule has 1 aliphatic heterocycles. The zero-order valence-electron chi connectivity index (χ0n) is 10.8. The quantitative estimate of drug-likeness (QED) is 0.928. The van der Waals surface area contributed by atoms with E-state index in [-0.39, 0.29) is 31.0 Å². The molecule has 2 rings (SSSR count). The minimum atomic E-state index is 0. The summed E-state index contributed by atoms with van der Waals surface area (Å²) in [5.74, 6) is 0.641. The normalized spacial score (nSPS) is 18.6. The number of hydrogen-bond acceptors (Lipinski definition) is 3. The van der Waals surface area contributed by atoms with Crippen molar-refractivity contribution in [1.29, 1.82) is 0 Å². The summed E-state index contributed by atoms with van der Waals surface area (Å²) in [4.78, 5) is 13.9. The third-order valence-electron chi connectivity index (χ3n) is 2.98. The molecular formula is C13H18Cl2N2O2. The maximum atomic E-state index is 12.0. The number of amides is 1. The molecule has 106 valence electrons. The monoisotopic (exact) mass is 304 g/mol. The van der Waals surface area contributed by atoms with Crippen LogP contribution in [-0.2, 0) is 4.79 Å². The van der Waals surface area contributed by atoms with Gasteiger partial charge >= 0.3 is 0 Å². The van der Waals surface area contributed by atoms with E-state index in [1.807, 2.05) is 11.8 Å². The molecule has 6 heteroatoms. The Bertz CT molecular complexity index is 429. The Kier molecular flexibility index (Phi) is 6.42. The van der Waals surface area contributed by atoms with Crippen molar-refractivity contribution in [2.24, 2.45) is 0 Å². The third-order valence-corrected chi connectivity index (χ3v) is 3.22. The molecule has 1 amide bonds. The summed E-state index contributed by atoms with van der Waals surface area (Å²) in [5.41, 5.74) is 0. The SMILES string of the molecule is CC1CNCCN1C(=O)COc1cccc(Cl)c1.Cl. The second-order valence-corrected chi connectivity index (χ2v) is 4.82. The Morgan fingerprint density at radius 2 is 2.37 bits per heavy atom. The average Bonchev–Trinajstić information content (AvgIpc) is 2.37. The van der Waals surface area contributed by atoms with Crippen LogP contribution in [-0.4, -0.2) is 43.1 Å². The summed E-state index contributed by atoms with van der Waals surface area (Å²) in [6.45, 7) is 4.50. The number of halogens is 2. The van der Waals surface area contributed by atoms with E-state index in [0.717, 1.165) is 19.6 Å². The molecule has 1 N–H and O–H groups in total. The number of nitrogens with zero attached hydrogens (tertiary/aromatic N) is 1. The summed E-state index contributed by atoms with van der Waals surface area (Å²) < 4.78 is 5.45. The first kappa shape index (κ1) is 16.1. The van der Waals surface area contributed by atoms with Crippen LogP contribution in [0, 0.1) is 0 Å². The highest BCUT2D eigenvalue weighted by Gasteiger charge is 2.22. The number of nitrogens with one attached hydrogen (secondary N) is 1. The van der Waals surface area contributed by atoms with Crippen LogP contribution in [0.5, 0.6) is 5.75 Å².